The molecule has 0 aliphatic heterocycles. The van der Waals surface area contributed by atoms with Gasteiger partial charge in [0.1, 0.15) is 12.4 Å². The van der Waals surface area contributed by atoms with Crippen LogP contribution in [-0.4, -0.2) is 31.8 Å². The predicted octanol–water partition coefficient (Wildman–Crippen LogP) is 2.43. The minimum absolute atomic E-state index is 0.0116. The van der Waals surface area contributed by atoms with E-state index in [-0.39, 0.29) is 12.8 Å². The molecule has 0 spiro atoms. The molecule has 5 nitrogen and oxygen atoms in total. The first kappa shape index (κ1) is 15.2. The van der Waals surface area contributed by atoms with Gasteiger partial charge in [0.15, 0.2) is 0 Å². The fourth-order valence-corrected chi connectivity index (χ4v) is 2.61. The maximum atomic E-state index is 11.6. The van der Waals surface area contributed by atoms with Gasteiger partial charge in [-0.05, 0) is 24.6 Å². The van der Waals surface area contributed by atoms with Crippen molar-refractivity contribution in [3.63, 3.8) is 0 Å². The number of rotatable bonds is 8. The smallest absolute Gasteiger partial charge is 0.332 e. The molecule has 0 saturated heterocycles. The Morgan fingerprint density at radius 3 is 2.78 bits per heavy atom. The third-order valence-electron chi connectivity index (χ3n) is 2.17. The number of ether oxygens (including phenoxy) is 2. The van der Waals surface area contributed by atoms with Crippen LogP contribution < -0.4 is 4.74 Å². The van der Waals surface area contributed by atoms with Gasteiger partial charge in [0.2, 0.25) is 0 Å². The van der Waals surface area contributed by atoms with E-state index in [1.165, 1.54) is 0 Å². The van der Waals surface area contributed by atoms with Crippen molar-refractivity contribution >= 4 is 7.60 Å². The van der Waals surface area contributed by atoms with E-state index in [1.54, 1.807) is 38.3 Å². The number of benzene rings is 1. The molecule has 0 fully saturated rings. The highest BCUT2D eigenvalue weighted by Crippen LogP contribution is 2.45. The number of hydrogen-bond acceptors (Lipinski definition) is 4. The summed E-state index contributed by atoms with van der Waals surface area (Å²) in [4.78, 5) is 9.55. The van der Waals surface area contributed by atoms with E-state index in [9.17, 15) is 9.46 Å². The summed E-state index contributed by atoms with van der Waals surface area (Å²) in [7, 11) is -1.95. The molecule has 18 heavy (non-hydrogen) atoms. The molecule has 0 aliphatic rings. The van der Waals surface area contributed by atoms with Gasteiger partial charge in [0.25, 0.3) is 0 Å². The fraction of sp³-hybridized carbons (Fsp3) is 0.500. The van der Waals surface area contributed by atoms with Crippen LogP contribution in [0.3, 0.4) is 0 Å². The summed E-state index contributed by atoms with van der Waals surface area (Å²) in [5, 5.41) is 0. The summed E-state index contributed by atoms with van der Waals surface area (Å²) in [5.74, 6) is 0.654. The summed E-state index contributed by atoms with van der Waals surface area (Å²) in [6.45, 7) is 2.86. The van der Waals surface area contributed by atoms with Crippen molar-refractivity contribution in [3.8, 4) is 5.75 Å². The zero-order valence-electron chi connectivity index (χ0n) is 10.7. The van der Waals surface area contributed by atoms with Crippen molar-refractivity contribution in [1.29, 1.82) is 0 Å². The normalized spacial score (nSPS) is 14.2. The third-order valence-corrected chi connectivity index (χ3v) is 3.59. The van der Waals surface area contributed by atoms with Crippen molar-refractivity contribution < 1.29 is 23.5 Å². The number of methoxy groups -OCH3 is 1. The first-order chi connectivity index (χ1) is 8.57. The molecule has 1 unspecified atom stereocenters. The Kier molecular flexibility index (Phi) is 6.36. The minimum Gasteiger partial charge on any atom is -0.491 e. The maximum Gasteiger partial charge on any atom is 0.332 e. The van der Waals surface area contributed by atoms with E-state index < -0.39 is 7.60 Å². The van der Waals surface area contributed by atoms with Crippen LogP contribution in [0.15, 0.2) is 24.3 Å². The summed E-state index contributed by atoms with van der Waals surface area (Å²) < 4.78 is 26.8. The van der Waals surface area contributed by atoms with E-state index in [0.29, 0.717) is 24.5 Å². The Hall–Kier alpha value is -0.870. The van der Waals surface area contributed by atoms with Gasteiger partial charge in [-0.15, -0.1) is 0 Å². The molecule has 6 heteroatoms. The van der Waals surface area contributed by atoms with Crippen molar-refractivity contribution in [3.05, 3.63) is 29.8 Å². The Bertz CT molecular complexity index is 407. The molecule has 0 radical (unpaired) electrons. The minimum atomic E-state index is -3.55. The van der Waals surface area contributed by atoms with E-state index in [1.807, 2.05) is 0 Å². The number of hydrogen-bond donors (Lipinski definition) is 1. The lowest BCUT2D eigenvalue weighted by Gasteiger charge is -2.12. The van der Waals surface area contributed by atoms with E-state index in [4.69, 9.17) is 14.0 Å². The van der Waals surface area contributed by atoms with E-state index in [0.717, 1.165) is 0 Å². The highest BCUT2D eigenvalue weighted by atomic mass is 31.2. The predicted molar refractivity (Wildman–Crippen MR) is 69.0 cm³/mol. The van der Waals surface area contributed by atoms with Crippen LogP contribution in [0.2, 0.25) is 0 Å². The standard InChI is InChI=1S/C12H19O5P/c1-3-17-18(13,14)10-11-5-4-6-12(9-11)16-8-7-15-2/h4-6,9H,3,7-8,10H2,1-2H3,(H,13,14). The molecule has 0 heterocycles. The largest absolute Gasteiger partial charge is 0.491 e. The lowest BCUT2D eigenvalue weighted by molar-refractivity contribution is 0.146. The molecule has 1 N–H and O–H groups in total. The van der Waals surface area contributed by atoms with Crippen LogP contribution >= 0.6 is 7.60 Å². The Labute approximate surface area is 107 Å². The van der Waals surface area contributed by atoms with Gasteiger partial charge in [-0.25, -0.2) is 0 Å². The Balaban J connectivity index is 2.61. The molecule has 1 aromatic carbocycles. The van der Waals surface area contributed by atoms with Gasteiger partial charge in [-0.2, -0.15) is 0 Å². The molecule has 0 saturated carbocycles. The van der Waals surface area contributed by atoms with Crippen molar-refractivity contribution in [2.24, 2.45) is 0 Å². The first-order valence-electron chi connectivity index (χ1n) is 5.74. The molecule has 0 amide bonds. The second-order valence-corrected chi connectivity index (χ2v) is 5.55. The van der Waals surface area contributed by atoms with Crippen LogP contribution in [0.4, 0.5) is 0 Å². The summed E-state index contributed by atoms with van der Waals surface area (Å²) in [6.07, 6.45) is -0.0116. The van der Waals surface area contributed by atoms with Crippen molar-refractivity contribution in [2.75, 3.05) is 26.9 Å². The summed E-state index contributed by atoms with van der Waals surface area (Å²) in [5.41, 5.74) is 0.712. The molecule has 102 valence electrons. The molecule has 0 aliphatic carbocycles. The molecule has 1 aromatic rings. The zero-order chi connectivity index (χ0) is 13.4. The average Bonchev–Trinajstić information content (AvgIpc) is 2.29. The van der Waals surface area contributed by atoms with Gasteiger partial charge < -0.3 is 18.9 Å². The maximum absolute atomic E-state index is 11.6. The summed E-state index contributed by atoms with van der Waals surface area (Å²) >= 11 is 0. The van der Waals surface area contributed by atoms with Gasteiger partial charge in [-0.1, -0.05) is 12.1 Å². The lowest BCUT2D eigenvalue weighted by Crippen LogP contribution is -2.04. The first-order valence-corrected chi connectivity index (χ1v) is 7.50. The quantitative estimate of drug-likeness (QED) is 0.582. The molecule has 1 rings (SSSR count). The van der Waals surface area contributed by atoms with Crippen molar-refractivity contribution in [2.45, 2.75) is 13.1 Å². The SMILES string of the molecule is CCOP(=O)(O)Cc1cccc(OCCOC)c1. The molecule has 0 bridgehead atoms. The second kappa shape index (κ2) is 7.54. The molecular weight excluding hydrogens is 255 g/mol. The van der Waals surface area contributed by atoms with Gasteiger partial charge in [0, 0.05) is 7.11 Å². The highest BCUT2D eigenvalue weighted by Gasteiger charge is 2.19. The highest BCUT2D eigenvalue weighted by molar-refractivity contribution is 7.51. The molecular formula is C12H19O5P. The van der Waals surface area contributed by atoms with E-state index in [2.05, 4.69) is 0 Å². The van der Waals surface area contributed by atoms with Gasteiger partial charge in [0.05, 0.1) is 19.4 Å². The van der Waals surface area contributed by atoms with Gasteiger partial charge >= 0.3 is 7.60 Å². The van der Waals surface area contributed by atoms with Crippen molar-refractivity contribution in [1.82, 2.24) is 0 Å². The van der Waals surface area contributed by atoms with E-state index >= 15 is 0 Å². The third kappa shape index (κ3) is 5.65. The van der Waals surface area contributed by atoms with Gasteiger partial charge in [-0.3, -0.25) is 4.57 Å². The Morgan fingerprint density at radius 1 is 1.33 bits per heavy atom. The van der Waals surface area contributed by atoms with Crippen LogP contribution in [0.1, 0.15) is 12.5 Å². The summed E-state index contributed by atoms with van der Waals surface area (Å²) in [6, 6.07) is 7.08. The van der Waals surface area contributed by atoms with Crippen LogP contribution in [0.25, 0.3) is 0 Å². The van der Waals surface area contributed by atoms with Crippen LogP contribution in [0.5, 0.6) is 5.75 Å². The lowest BCUT2D eigenvalue weighted by atomic mass is 10.2. The average molecular weight is 274 g/mol. The zero-order valence-corrected chi connectivity index (χ0v) is 11.6. The topological polar surface area (TPSA) is 65.0 Å². The van der Waals surface area contributed by atoms with Crippen LogP contribution in [-0.2, 0) is 20.0 Å². The Morgan fingerprint density at radius 2 is 2.11 bits per heavy atom. The van der Waals surface area contributed by atoms with Crippen LogP contribution in [0, 0.1) is 0 Å². The molecule has 1 atom stereocenters. The molecule has 0 aromatic heterocycles. The second-order valence-electron chi connectivity index (χ2n) is 3.70. The fourth-order valence-electron chi connectivity index (χ4n) is 1.45. The monoisotopic (exact) mass is 274 g/mol.